The number of alkyl halides is 3. The van der Waals surface area contributed by atoms with Gasteiger partial charge in [0, 0.05) is 13.0 Å². The van der Waals surface area contributed by atoms with Gasteiger partial charge in [0.05, 0.1) is 6.54 Å². The number of aliphatic hydroxyl groups is 1. The van der Waals surface area contributed by atoms with E-state index in [0.29, 0.717) is 19.4 Å². The lowest BCUT2D eigenvalue weighted by Crippen LogP contribution is -2.45. The topological polar surface area (TPSA) is 40.5 Å². The molecule has 0 radical (unpaired) electrons. The maximum Gasteiger partial charge on any atom is 0.415 e. The van der Waals surface area contributed by atoms with Crippen LogP contribution in [0.3, 0.4) is 0 Å². The molecule has 0 aromatic carbocycles. The van der Waals surface area contributed by atoms with Gasteiger partial charge in [-0.3, -0.25) is 9.69 Å². The monoisotopic (exact) mass is 211 g/mol. The first-order chi connectivity index (χ1) is 6.39. The fourth-order valence-corrected chi connectivity index (χ4v) is 1.41. The summed E-state index contributed by atoms with van der Waals surface area (Å²) in [5.41, 5.74) is 0. The van der Waals surface area contributed by atoms with Crippen molar-refractivity contribution in [1.82, 2.24) is 4.90 Å². The highest BCUT2D eigenvalue weighted by Crippen LogP contribution is 2.21. The summed E-state index contributed by atoms with van der Waals surface area (Å²) in [6.45, 7) is -0.0404. The zero-order chi connectivity index (χ0) is 10.8. The van der Waals surface area contributed by atoms with E-state index >= 15 is 0 Å². The standard InChI is InChI=1S/C8H12F3NO2/c9-8(10,11)7(14)5-12-3-1-2-6(13)4-12/h7,14H,1-5H2. The van der Waals surface area contributed by atoms with Crippen LogP contribution in [0.5, 0.6) is 0 Å². The molecule has 0 spiro atoms. The number of Topliss-reactive ketones (excluding diaryl/α,β-unsaturated/α-hetero) is 1. The van der Waals surface area contributed by atoms with Crippen molar-refractivity contribution < 1.29 is 23.1 Å². The molecule has 0 aliphatic carbocycles. The van der Waals surface area contributed by atoms with Gasteiger partial charge in [0.25, 0.3) is 0 Å². The van der Waals surface area contributed by atoms with Crippen molar-refractivity contribution in [3.8, 4) is 0 Å². The van der Waals surface area contributed by atoms with Crippen LogP contribution in [0.4, 0.5) is 13.2 Å². The Morgan fingerprint density at radius 3 is 2.64 bits per heavy atom. The van der Waals surface area contributed by atoms with Gasteiger partial charge in [-0.15, -0.1) is 0 Å². The van der Waals surface area contributed by atoms with Crippen LogP contribution in [0.1, 0.15) is 12.8 Å². The van der Waals surface area contributed by atoms with Crippen molar-refractivity contribution in [3.63, 3.8) is 0 Å². The lowest BCUT2D eigenvalue weighted by molar-refractivity contribution is -0.208. The first-order valence-corrected chi connectivity index (χ1v) is 4.38. The Hall–Kier alpha value is -0.620. The van der Waals surface area contributed by atoms with Gasteiger partial charge >= 0.3 is 6.18 Å². The van der Waals surface area contributed by atoms with Crippen LogP contribution in [0, 0.1) is 0 Å². The average Bonchev–Trinajstić information content (AvgIpc) is 2.02. The summed E-state index contributed by atoms with van der Waals surface area (Å²) < 4.78 is 35.8. The molecule has 14 heavy (non-hydrogen) atoms. The average molecular weight is 211 g/mol. The molecule has 0 saturated carbocycles. The number of β-amino-alcohol motifs (C(OH)–C–C–N with tert-alkyl or cyclic N) is 1. The molecule has 1 saturated heterocycles. The van der Waals surface area contributed by atoms with Crippen LogP contribution in [-0.4, -0.2) is 47.7 Å². The zero-order valence-electron chi connectivity index (χ0n) is 7.55. The van der Waals surface area contributed by atoms with Gasteiger partial charge in [-0.1, -0.05) is 0 Å². The normalized spacial score (nSPS) is 22.4. The molecule has 3 nitrogen and oxygen atoms in total. The number of hydrogen-bond acceptors (Lipinski definition) is 3. The minimum absolute atomic E-state index is 0.0210. The van der Waals surface area contributed by atoms with Crippen molar-refractivity contribution in [2.24, 2.45) is 0 Å². The van der Waals surface area contributed by atoms with Crippen molar-refractivity contribution >= 4 is 5.78 Å². The van der Waals surface area contributed by atoms with E-state index < -0.39 is 18.8 Å². The summed E-state index contributed by atoms with van der Waals surface area (Å²) in [6, 6.07) is 0. The van der Waals surface area contributed by atoms with Gasteiger partial charge in [-0.25, -0.2) is 0 Å². The van der Waals surface area contributed by atoms with Crippen LogP contribution in [0.15, 0.2) is 0 Å². The van der Waals surface area contributed by atoms with Crippen molar-refractivity contribution in [1.29, 1.82) is 0 Å². The molecule has 1 aliphatic heterocycles. The van der Waals surface area contributed by atoms with Crippen molar-refractivity contribution in [3.05, 3.63) is 0 Å². The summed E-state index contributed by atoms with van der Waals surface area (Å²) >= 11 is 0. The van der Waals surface area contributed by atoms with Gasteiger partial charge < -0.3 is 5.11 Å². The Morgan fingerprint density at radius 1 is 1.50 bits per heavy atom. The zero-order valence-corrected chi connectivity index (χ0v) is 7.55. The number of likely N-dealkylation sites (tertiary alicyclic amines) is 1. The molecule has 1 N–H and O–H groups in total. The maximum absolute atomic E-state index is 11.9. The van der Waals surface area contributed by atoms with Crippen LogP contribution in [-0.2, 0) is 4.79 Å². The number of nitrogens with zero attached hydrogens (tertiary/aromatic N) is 1. The summed E-state index contributed by atoms with van der Waals surface area (Å²) in [5, 5.41) is 8.75. The number of aliphatic hydroxyl groups excluding tert-OH is 1. The Kier molecular flexibility index (Phi) is 3.49. The van der Waals surface area contributed by atoms with E-state index in [-0.39, 0.29) is 12.3 Å². The summed E-state index contributed by atoms with van der Waals surface area (Å²) in [5.74, 6) is -0.0642. The van der Waals surface area contributed by atoms with Crippen molar-refractivity contribution in [2.45, 2.75) is 25.1 Å². The third kappa shape index (κ3) is 3.26. The third-order valence-electron chi connectivity index (χ3n) is 2.14. The highest BCUT2D eigenvalue weighted by Gasteiger charge is 2.39. The van der Waals surface area contributed by atoms with E-state index in [4.69, 9.17) is 5.11 Å². The third-order valence-corrected chi connectivity index (χ3v) is 2.14. The highest BCUT2D eigenvalue weighted by atomic mass is 19.4. The van der Waals surface area contributed by atoms with Crippen LogP contribution in [0.25, 0.3) is 0 Å². The van der Waals surface area contributed by atoms with Gasteiger partial charge in [0.15, 0.2) is 6.10 Å². The predicted octanol–water partition coefficient (Wildman–Crippen LogP) is 0.575. The molecule has 1 unspecified atom stereocenters. The second-order valence-corrected chi connectivity index (χ2v) is 3.43. The lowest BCUT2D eigenvalue weighted by Gasteiger charge is -2.28. The molecule has 0 aromatic rings. The van der Waals surface area contributed by atoms with Gasteiger partial charge in [0.2, 0.25) is 0 Å². The minimum Gasteiger partial charge on any atom is -0.382 e. The molecule has 1 atom stereocenters. The Bertz CT molecular complexity index is 217. The summed E-state index contributed by atoms with van der Waals surface area (Å²) in [6.07, 6.45) is -5.95. The maximum atomic E-state index is 11.9. The molecule has 1 heterocycles. The minimum atomic E-state index is -4.60. The summed E-state index contributed by atoms with van der Waals surface area (Å²) in [7, 11) is 0. The summed E-state index contributed by atoms with van der Waals surface area (Å²) in [4.78, 5) is 12.2. The second-order valence-electron chi connectivity index (χ2n) is 3.43. The van der Waals surface area contributed by atoms with E-state index in [2.05, 4.69) is 0 Å². The van der Waals surface area contributed by atoms with Crippen LogP contribution < -0.4 is 0 Å². The number of carbonyl (C=O) groups excluding carboxylic acids is 1. The number of ketones is 1. The highest BCUT2D eigenvalue weighted by molar-refractivity contribution is 5.81. The van der Waals surface area contributed by atoms with Crippen LogP contribution in [0.2, 0.25) is 0 Å². The Balaban J connectivity index is 2.40. The van der Waals surface area contributed by atoms with E-state index in [1.165, 1.54) is 4.90 Å². The van der Waals surface area contributed by atoms with E-state index in [0.717, 1.165) is 0 Å². The Morgan fingerprint density at radius 2 is 2.14 bits per heavy atom. The smallest absolute Gasteiger partial charge is 0.382 e. The number of halogens is 3. The molecular weight excluding hydrogens is 199 g/mol. The molecule has 0 bridgehead atoms. The largest absolute Gasteiger partial charge is 0.415 e. The van der Waals surface area contributed by atoms with E-state index in [1.54, 1.807) is 0 Å². The first-order valence-electron chi connectivity index (χ1n) is 4.38. The van der Waals surface area contributed by atoms with Crippen molar-refractivity contribution in [2.75, 3.05) is 19.6 Å². The number of hydrogen-bond donors (Lipinski definition) is 1. The molecule has 0 aromatic heterocycles. The first kappa shape index (κ1) is 11.5. The van der Waals surface area contributed by atoms with E-state index in [1.807, 2.05) is 0 Å². The molecular formula is C8H12F3NO2. The predicted molar refractivity (Wildman–Crippen MR) is 42.7 cm³/mol. The molecule has 1 fully saturated rings. The number of piperidine rings is 1. The van der Waals surface area contributed by atoms with Gasteiger partial charge in [0.1, 0.15) is 5.78 Å². The molecule has 82 valence electrons. The lowest BCUT2D eigenvalue weighted by atomic mass is 10.1. The SMILES string of the molecule is O=C1CCCN(CC(O)C(F)(F)F)C1. The number of carbonyl (C=O) groups is 1. The quantitative estimate of drug-likeness (QED) is 0.726. The number of rotatable bonds is 2. The molecule has 1 aliphatic rings. The molecule has 0 amide bonds. The second kappa shape index (κ2) is 4.27. The fourth-order valence-electron chi connectivity index (χ4n) is 1.41. The fraction of sp³-hybridized carbons (Fsp3) is 0.875. The van der Waals surface area contributed by atoms with Gasteiger partial charge in [-0.2, -0.15) is 13.2 Å². The molecule has 6 heteroatoms. The van der Waals surface area contributed by atoms with Crippen LogP contribution >= 0.6 is 0 Å². The molecule has 1 rings (SSSR count). The Labute approximate surface area is 79.5 Å². The van der Waals surface area contributed by atoms with E-state index in [9.17, 15) is 18.0 Å². The van der Waals surface area contributed by atoms with Gasteiger partial charge in [-0.05, 0) is 13.0 Å².